The fourth-order valence-corrected chi connectivity index (χ4v) is 1.75. The number of carbonyl (C=O) groups excluding carboxylic acids is 1. The summed E-state index contributed by atoms with van der Waals surface area (Å²) in [7, 11) is 0. The van der Waals surface area contributed by atoms with Gasteiger partial charge in [-0.1, -0.05) is 11.6 Å². The van der Waals surface area contributed by atoms with Gasteiger partial charge in [-0.05, 0) is 0 Å². The molecule has 1 aromatic rings. The van der Waals surface area contributed by atoms with Gasteiger partial charge in [-0.25, -0.2) is 0 Å². The number of amides is 1. The van der Waals surface area contributed by atoms with Gasteiger partial charge in [0, 0.05) is 31.1 Å². The fraction of sp³-hybridized carbons (Fsp3) is 0.500. The van der Waals surface area contributed by atoms with Crippen LogP contribution in [-0.2, 0) is 4.79 Å². The van der Waals surface area contributed by atoms with Gasteiger partial charge in [0.05, 0.1) is 6.20 Å². The smallest absolute Gasteiger partial charge is 0.221 e. The maximum atomic E-state index is 11.3. The minimum absolute atomic E-state index is 0.0382. The molecule has 3 N–H and O–H groups in total. The van der Waals surface area contributed by atoms with E-state index in [1.54, 1.807) is 6.20 Å². The highest BCUT2D eigenvalue weighted by Gasteiger charge is 2.21. The summed E-state index contributed by atoms with van der Waals surface area (Å²) in [5.74, 6) is 0.0391. The molecule has 6 heteroatoms. The van der Waals surface area contributed by atoms with Gasteiger partial charge < -0.3 is 10.6 Å². The second-order valence-electron chi connectivity index (χ2n) is 3.20. The number of carbonyl (C=O) groups is 1. The van der Waals surface area contributed by atoms with Crippen molar-refractivity contribution in [3.05, 3.63) is 16.9 Å². The molecule has 14 heavy (non-hydrogen) atoms. The van der Waals surface area contributed by atoms with E-state index >= 15 is 0 Å². The van der Waals surface area contributed by atoms with Crippen molar-refractivity contribution in [3.8, 4) is 0 Å². The second kappa shape index (κ2) is 3.98. The Morgan fingerprint density at radius 2 is 2.36 bits per heavy atom. The van der Waals surface area contributed by atoms with Crippen molar-refractivity contribution in [2.45, 2.75) is 12.5 Å². The molecule has 1 aromatic heterocycles. The first-order chi connectivity index (χ1) is 6.77. The number of H-pyrrole nitrogens is 1. The molecule has 1 amide bonds. The molecular weight excluding hydrogens is 204 g/mol. The molecule has 1 saturated heterocycles. The van der Waals surface area contributed by atoms with E-state index in [4.69, 9.17) is 11.6 Å². The Balaban J connectivity index is 2.17. The first kappa shape index (κ1) is 9.48. The number of nitrogens with zero attached hydrogens (tertiary/aromatic N) is 1. The van der Waals surface area contributed by atoms with Crippen molar-refractivity contribution in [2.75, 3.05) is 13.1 Å². The van der Waals surface area contributed by atoms with Crippen LogP contribution in [0.15, 0.2) is 6.20 Å². The van der Waals surface area contributed by atoms with E-state index in [-0.39, 0.29) is 11.9 Å². The molecule has 5 nitrogen and oxygen atoms in total. The molecule has 0 saturated carbocycles. The molecular formula is C8H11ClN4O. The van der Waals surface area contributed by atoms with Gasteiger partial charge in [-0.15, -0.1) is 0 Å². The molecule has 0 aliphatic carbocycles. The average molecular weight is 215 g/mol. The number of nitrogens with one attached hydrogen (secondary N) is 3. The van der Waals surface area contributed by atoms with Gasteiger partial charge in [0.1, 0.15) is 5.15 Å². The largest absolute Gasteiger partial charge is 0.355 e. The molecule has 1 unspecified atom stereocenters. The highest BCUT2D eigenvalue weighted by molar-refractivity contribution is 6.30. The molecule has 1 fully saturated rings. The molecule has 1 aliphatic heterocycles. The van der Waals surface area contributed by atoms with Crippen LogP contribution in [0.25, 0.3) is 0 Å². The number of halogens is 1. The number of hydrogen-bond acceptors (Lipinski definition) is 3. The van der Waals surface area contributed by atoms with Gasteiger partial charge in [0.15, 0.2) is 0 Å². The van der Waals surface area contributed by atoms with Crippen LogP contribution in [0.1, 0.15) is 18.0 Å². The van der Waals surface area contributed by atoms with Gasteiger partial charge in [0.2, 0.25) is 5.91 Å². The summed E-state index contributed by atoms with van der Waals surface area (Å²) in [6, 6.07) is -0.0382. The standard InChI is InChI=1S/C8H11ClN4O/c9-8-5(4-12-13-8)6-3-7(14)11-2-1-10-6/h4,6,10H,1-3H2,(H,11,14)(H,12,13). The topological polar surface area (TPSA) is 69.8 Å². The molecule has 2 rings (SSSR count). The fourth-order valence-electron chi connectivity index (χ4n) is 1.52. The summed E-state index contributed by atoms with van der Waals surface area (Å²) in [6.45, 7) is 1.41. The average Bonchev–Trinajstić information content (AvgIpc) is 2.45. The van der Waals surface area contributed by atoms with Crippen molar-refractivity contribution in [2.24, 2.45) is 0 Å². The molecule has 0 aromatic carbocycles. The summed E-state index contributed by atoms with van der Waals surface area (Å²) < 4.78 is 0. The summed E-state index contributed by atoms with van der Waals surface area (Å²) in [4.78, 5) is 11.3. The van der Waals surface area contributed by atoms with Crippen LogP contribution >= 0.6 is 11.6 Å². The molecule has 1 atom stereocenters. The van der Waals surface area contributed by atoms with E-state index in [1.807, 2.05) is 0 Å². The second-order valence-corrected chi connectivity index (χ2v) is 3.58. The zero-order chi connectivity index (χ0) is 9.97. The van der Waals surface area contributed by atoms with Gasteiger partial charge >= 0.3 is 0 Å². The molecule has 76 valence electrons. The lowest BCUT2D eigenvalue weighted by atomic mass is 10.1. The number of hydrogen-bond donors (Lipinski definition) is 3. The summed E-state index contributed by atoms with van der Waals surface area (Å²) in [5.41, 5.74) is 0.851. The van der Waals surface area contributed by atoms with Crippen LogP contribution in [0.4, 0.5) is 0 Å². The van der Waals surface area contributed by atoms with Crippen LogP contribution in [0.3, 0.4) is 0 Å². The molecule has 2 heterocycles. The third-order valence-electron chi connectivity index (χ3n) is 2.22. The monoisotopic (exact) mass is 214 g/mol. The lowest BCUT2D eigenvalue weighted by molar-refractivity contribution is -0.121. The Hall–Kier alpha value is -1.07. The third kappa shape index (κ3) is 1.88. The lowest BCUT2D eigenvalue weighted by Gasteiger charge is -2.12. The quantitative estimate of drug-likeness (QED) is 0.626. The predicted molar refractivity (Wildman–Crippen MR) is 52.0 cm³/mol. The highest BCUT2D eigenvalue weighted by Crippen LogP contribution is 2.23. The molecule has 0 spiro atoms. The molecule has 0 radical (unpaired) electrons. The van der Waals surface area contributed by atoms with E-state index in [9.17, 15) is 4.79 Å². The SMILES string of the molecule is O=C1CC(c2cn[nH]c2Cl)NCCN1. The minimum Gasteiger partial charge on any atom is -0.355 e. The maximum Gasteiger partial charge on any atom is 0.221 e. The number of aromatic amines is 1. The van der Waals surface area contributed by atoms with Crippen LogP contribution in [-0.4, -0.2) is 29.2 Å². The zero-order valence-electron chi connectivity index (χ0n) is 7.51. The summed E-state index contributed by atoms with van der Waals surface area (Å²) in [5, 5.41) is 13.0. The Morgan fingerprint density at radius 3 is 3.07 bits per heavy atom. The highest BCUT2D eigenvalue weighted by atomic mass is 35.5. The van der Waals surface area contributed by atoms with Crippen LogP contribution in [0.2, 0.25) is 5.15 Å². The van der Waals surface area contributed by atoms with Gasteiger partial charge in [-0.3, -0.25) is 9.89 Å². The van der Waals surface area contributed by atoms with Gasteiger partial charge in [-0.2, -0.15) is 5.10 Å². The Labute approximate surface area is 86.2 Å². The third-order valence-corrected chi connectivity index (χ3v) is 2.53. The van der Waals surface area contributed by atoms with Crippen LogP contribution in [0, 0.1) is 0 Å². The first-order valence-corrected chi connectivity index (χ1v) is 4.84. The van der Waals surface area contributed by atoms with E-state index in [1.165, 1.54) is 0 Å². The summed E-state index contributed by atoms with van der Waals surface area (Å²) >= 11 is 5.88. The van der Waals surface area contributed by atoms with Crippen molar-refractivity contribution in [1.82, 2.24) is 20.8 Å². The predicted octanol–water partition coefficient (Wildman–Crippen LogP) is 0.214. The summed E-state index contributed by atoms with van der Waals surface area (Å²) in [6.07, 6.45) is 2.05. The van der Waals surface area contributed by atoms with E-state index in [2.05, 4.69) is 20.8 Å². The number of rotatable bonds is 1. The van der Waals surface area contributed by atoms with Gasteiger partial charge in [0.25, 0.3) is 0 Å². The molecule has 1 aliphatic rings. The normalized spacial score (nSPS) is 22.9. The first-order valence-electron chi connectivity index (χ1n) is 4.46. The van der Waals surface area contributed by atoms with Crippen molar-refractivity contribution in [1.29, 1.82) is 0 Å². The lowest BCUT2D eigenvalue weighted by Crippen LogP contribution is -2.24. The van der Waals surface area contributed by atoms with Crippen LogP contribution in [0.5, 0.6) is 0 Å². The Bertz CT molecular complexity index is 338. The Morgan fingerprint density at radius 1 is 1.50 bits per heavy atom. The maximum absolute atomic E-state index is 11.3. The minimum atomic E-state index is -0.0382. The van der Waals surface area contributed by atoms with E-state index < -0.39 is 0 Å². The van der Waals surface area contributed by atoms with Crippen molar-refractivity contribution in [3.63, 3.8) is 0 Å². The zero-order valence-corrected chi connectivity index (χ0v) is 8.27. The molecule has 0 bridgehead atoms. The van der Waals surface area contributed by atoms with Crippen molar-refractivity contribution < 1.29 is 4.79 Å². The van der Waals surface area contributed by atoms with Crippen LogP contribution < -0.4 is 10.6 Å². The number of aromatic nitrogens is 2. The van der Waals surface area contributed by atoms with E-state index in [0.717, 1.165) is 12.1 Å². The Kier molecular flexibility index (Phi) is 2.69. The van der Waals surface area contributed by atoms with Crippen molar-refractivity contribution >= 4 is 17.5 Å². The van der Waals surface area contributed by atoms with E-state index in [0.29, 0.717) is 18.1 Å².